The first kappa shape index (κ1) is 22.4. The fraction of sp³-hybridized carbons (Fsp3) is 0.182. The number of carbonyl (C=O) groups excluding carboxylic acids is 1. The van der Waals surface area contributed by atoms with Crippen molar-refractivity contribution in [1.82, 2.24) is 19.3 Å². The molecule has 0 aliphatic heterocycles. The van der Waals surface area contributed by atoms with Crippen molar-refractivity contribution in [3.63, 3.8) is 0 Å². The molecule has 0 aliphatic rings. The summed E-state index contributed by atoms with van der Waals surface area (Å²) in [5.41, 5.74) is 1.98. The lowest BCUT2D eigenvalue weighted by molar-refractivity contribution is 0.0954. The van der Waals surface area contributed by atoms with Gasteiger partial charge >= 0.3 is 5.69 Å². The largest absolute Gasteiger partial charge is 0.347 e. The van der Waals surface area contributed by atoms with Gasteiger partial charge in [-0.1, -0.05) is 23.7 Å². The summed E-state index contributed by atoms with van der Waals surface area (Å²) in [6.45, 7) is 3.93. The number of halogens is 2. The van der Waals surface area contributed by atoms with E-state index < -0.39 is 11.2 Å². The van der Waals surface area contributed by atoms with Crippen LogP contribution in [-0.4, -0.2) is 19.9 Å². The Morgan fingerprint density at radius 1 is 1.19 bits per heavy atom. The van der Waals surface area contributed by atoms with E-state index in [1.807, 2.05) is 19.1 Å². The van der Waals surface area contributed by atoms with Crippen LogP contribution in [0, 0.1) is 13.8 Å². The fourth-order valence-corrected chi connectivity index (χ4v) is 4.65. The third-order valence-electron chi connectivity index (χ3n) is 4.97. The summed E-state index contributed by atoms with van der Waals surface area (Å²) in [5.74, 6) is -0.322. The van der Waals surface area contributed by atoms with E-state index in [9.17, 15) is 14.4 Å². The number of hydrogen-bond donors (Lipinski definition) is 1. The maximum atomic E-state index is 13.1. The minimum atomic E-state index is -0.507. The molecule has 4 rings (SSSR count). The molecule has 1 N–H and O–H groups in total. The van der Waals surface area contributed by atoms with Gasteiger partial charge in [-0.25, -0.2) is 4.79 Å². The van der Waals surface area contributed by atoms with Gasteiger partial charge in [0.25, 0.3) is 11.5 Å². The zero-order valence-electron chi connectivity index (χ0n) is 17.2. The Morgan fingerprint density at radius 2 is 1.94 bits per heavy atom. The Labute approximate surface area is 200 Å². The lowest BCUT2D eigenvalue weighted by atomic mass is 10.2. The van der Waals surface area contributed by atoms with Gasteiger partial charge in [-0.2, -0.15) is 0 Å². The number of nitrogens with one attached hydrogen (secondary N) is 1. The third-order valence-corrected chi connectivity index (χ3v) is 7.41. The van der Waals surface area contributed by atoms with Crippen LogP contribution in [0.25, 0.3) is 4.83 Å². The summed E-state index contributed by atoms with van der Waals surface area (Å²) in [4.78, 5) is 43.6. The molecule has 0 bridgehead atoms. The average molecular weight is 534 g/mol. The van der Waals surface area contributed by atoms with Crippen molar-refractivity contribution in [3.8, 4) is 0 Å². The van der Waals surface area contributed by atoms with E-state index in [4.69, 9.17) is 11.6 Å². The number of fused-ring (bicyclic) bond motifs is 1. The van der Waals surface area contributed by atoms with Crippen molar-refractivity contribution >= 4 is 49.6 Å². The topological polar surface area (TPSA) is 85.5 Å². The Bertz CT molecular complexity index is 1460. The number of thiazole rings is 1. The summed E-state index contributed by atoms with van der Waals surface area (Å²) < 4.78 is 3.23. The van der Waals surface area contributed by atoms with E-state index in [-0.39, 0.29) is 12.5 Å². The van der Waals surface area contributed by atoms with Crippen molar-refractivity contribution in [1.29, 1.82) is 0 Å². The molecule has 0 aliphatic carbocycles. The van der Waals surface area contributed by atoms with Gasteiger partial charge in [0.1, 0.15) is 9.71 Å². The molecule has 3 heterocycles. The number of pyridine rings is 1. The van der Waals surface area contributed by atoms with Crippen molar-refractivity contribution < 1.29 is 4.79 Å². The Balaban J connectivity index is 1.65. The smallest absolute Gasteiger partial charge is 0.336 e. The lowest BCUT2D eigenvalue weighted by Crippen LogP contribution is -2.38. The molecule has 0 unspecified atom stereocenters. The molecule has 7 nitrogen and oxygen atoms in total. The highest BCUT2D eigenvalue weighted by Gasteiger charge is 2.18. The number of carbonyl (C=O) groups is 1. The molecule has 1 amide bonds. The Hall–Kier alpha value is -2.75. The minimum absolute atomic E-state index is 0.0756. The van der Waals surface area contributed by atoms with Gasteiger partial charge in [0.15, 0.2) is 0 Å². The Morgan fingerprint density at radius 3 is 2.62 bits per heavy atom. The van der Waals surface area contributed by atoms with Crippen LogP contribution in [0.3, 0.4) is 0 Å². The molecular formula is C22H18BrClN4O3S. The quantitative estimate of drug-likeness (QED) is 0.421. The first-order valence-electron chi connectivity index (χ1n) is 9.64. The van der Waals surface area contributed by atoms with Gasteiger partial charge in [0, 0.05) is 34.7 Å². The number of benzene rings is 1. The van der Waals surface area contributed by atoms with Gasteiger partial charge in [-0.15, -0.1) is 11.3 Å². The van der Waals surface area contributed by atoms with Crippen LogP contribution < -0.4 is 16.6 Å². The van der Waals surface area contributed by atoms with Crippen LogP contribution in [0.2, 0.25) is 5.02 Å². The summed E-state index contributed by atoms with van der Waals surface area (Å²) >= 11 is 10.6. The van der Waals surface area contributed by atoms with Crippen LogP contribution in [0.4, 0.5) is 0 Å². The molecule has 32 heavy (non-hydrogen) atoms. The predicted octanol–water partition coefficient (Wildman–Crippen LogP) is 3.93. The minimum Gasteiger partial charge on any atom is -0.347 e. The lowest BCUT2D eigenvalue weighted by Gasteiger charge is -2.08. The standard InChI is InChI=1S/C22H18BrClN4O3S/c1-12-3-4-15(8-25-12)9-26-19(29)18-11-28-21(32-18)13(2)20(30)27(22(28)31)10-14-5-6-16(23)17(24)7-14/h3-8,11H,9-10H2,1-2H3,(H,26,29). The van der Waals surface area contributed by atoms with Gasteiger partial charge in [-0.3, -0.25) is 23.5 Å². The highest BCUT2D eigenvalue weighted by atomic mass is 79.9. The molecule has 0 atom stereocenters. The predicted molar refractivity (Wildman–Crippen MR) is 129 cm³/mol. The average Bonchev–Trinajstić information content (AvgIpc) is 3.23. The number of hydrogen-bond acceptors (Lipinski definition) is 5. The summed E-state index contributed by atoms with van der Waals surface area (Å²) in [5, 5.41) is 3.32. The van der Waals surface area contributed by atoms with E-state index in [1.165, 1.54) is 10.6 Å². The highest BCUT2D eigenvalue weighted by molar-refractivity contribution is 9.10. The van der Waals surface area contributed by atoms with Crippen molar-refractivity contribution in [3.05, 3.63) is 100 Å². The fourth-order valence-electron chi connectivity index (χ4n) is 3.20. The molecule has 164 valence electrons. The number of amides is 1. The van der Waals surface area contributed by atoms with Crippen LogP contribution in [0.1, 0.15) is 32.1 Å². The molecule has 0 radical (unpaired) electrons. The number of aryl methyl sites for hydroxylation is 2. The molecule has 10 heteroatoms. The molecule has 4 aromatic rings. The molecule has 0 spiro atoms. The normalized spacial score (nSPS) is 11.1. The number of rotatable bonds is 5. The van der Waals surface area contributed by atoms with Gasteiger partial charge in [0.05, 0.1) is 11.6 Å². The van der Waals surface area contributed by atoms with Gasteiger partial charge in [0.2, 0.25) is 0 Å². The second-order valence-corrected chi connectivity index (χ2v) is 9.60. The third kappa shape index (κ3) is 4.41. The molecule has 3 aromatic heterocycles. The summed E-state index contributed by atoms with van der Waals surface area (Å²) in [7, 11) is 0. The molecule has 0 fully saturated rings. The van der Waals surface area contributed by atoms with Crippen LogP contribution in [0.15, 0.2) is 56.8 Å². The van der Waals surface area contributed by atoms with E-state index >= 15 is 0 Å². The highest BCUT2D eigenvalue weighted by Crippen LogP contribution is 2.23. The van der Waals surface area contributed by atoms with Crippen molar-refractivity contribution in [2.45, 2.75) is 26.9 Å². The van der Waals surface area contributed by atoms with Crippen LogP contribution in [0.5, 0.6) is 0 Å². The van der Waals surface area contributed by atoms with E-state index in [0.29, 0.717) is 26.8 Å². The molecule has 0 saturated heterocycles. The SMILES string of the molecule is Cc1ccc(CNC(=O)c2cn3c(=O)n(Cc4ccc(Br)c(Cl)c4)c(=O)c(C)c3s2)cn1. The number of aromatic nitrogens is 3. The first-order chi connectivity index (χ1) is 15.2. The van der Waals surface area contributed by atoms with Crippen LogP contribution in [-0.2, 0) is 13.1 Å². The maximum Gasteiger partial charge on any atom is 0.336 e. The maximum absolute atomic E-state index is 13.1. The monoisotopic (exact) mass is 532 g/mol. The zero-order valence-corrected chi connectivity index (χ0v) is 20.3. The van der Waals surface area contributed by atoms with Gasteiger partial charge in [-0.05, 0) is 59.1 Å². The molecule has 1 aromatic carbocycles. The van der Waals surface area contributed by atoms with Crippen LogP contribution >= 0.6 is 38.9 Å². The van der Waals surface area contributed by atoms with Crippen molar-refractivity contribution in [2.24, 2.45) is 0 Å². The van der Waals surface area contributed by atoms with E-state index in [1.54, 1.807) is 31.3 Å². The zero-order chi connectivity index (χ0) is 23.0. The second kappa shape index (κ2) is 9.01. The van der Waals surface area contributed by atoms with Crippen molar-refractivity contribution in [2.75, 3.05) is 0 Å². The Kier molecular flexibility index (Phi) is 6.32. The summed E-state index contributed by atoms with van der Waals surface area (Å²) in [6.07, 6.45) is 3.18. The number of nitrogens with zero attached hydrogens (tertiary/aromatic N) is 3. The van der Waals surface area contributed by atoms with Gasteiger partial charge < -0.3 is 5.32 Å². The first-order valence-corrected chi connectivity index (χ1v) is 11.6. The summed E-state index contributed by atoms with van der Waals surface area (Å²) in [6, 6.07) is 9.02. The van der Waals surface area contributed by atoms with E-state index in [2.05, 4.69) is 26.2 Å². The van der Waals surface area contributed by atoms with E-state index in [0.717, 1.165) is 37.2 Å². The molecular weight excluding hydrogens is 516 g/mol. The second-order valence-electron chi connectivity index (χ2n) is 7.31. The molecule has 0 saturated carbocycles.